The third-order valence-corrected chi connectivity index (χ3v) is 6.63. The predicted octanol–water partition coefficient (Wildman–Crippen LogP) is 4.89. The first-order chi connectivity index (χ1) is 12.1. The van der Waals surface area contributed by atoms with Crippen LogP contribution in [-0.2, 0) is 14.3 Å². The highest BCUT2D eigenvalue weighted by atomic mass is 19.1. The molecule has 1 unspecified atom stereocenters. The summed E-state index contributed by atoms with van der Waals surface area (Å²) in [5.74, 6) is -0.550. The zero-order chi connectivity index (χ0) is 17.5. The van der Waals surface area contributed by atoms with E-state index in [1.54, 1.807) is 12.1 Å². The summed E-state index contributed by atoms with van der Waals surface area (Å²) in [5, 5.41) is 0. The lowest BCUT2D eigenvalue weighted by atomic mass is 9.55. The molecule has 134 valence electrons. The molecular formula is C21H25FO3. The number of ketones is 1. The number of esters is 1. The van der Waals surface area contributed by atoms with E-state index in [0.29, 0.717) is 12.8 Å². The summed E-state index contributed by atoms with van der Waals surface area (Å²) in [4.78, 5) is 26.7. The number of Topliss-reactive ketones (excluding diaryl/α,β-unsaturated/α-hetero) is 1. The average Bonchev–Trinajstić information content (AvgIpc) is 2.66. The van der Waals surface area contributed by atoms with Crippen LogP contribution in [-0.4, -0.2) is 11.8 Å². The molecule has 2 saturated carbocycles. The highest BCUT2D eigenvalue weighted by Gasteiger charge is 2.63. The van der Waals surface area contributed by atoms with Crippen molar-refractivity contribution in [3.05, 3.63) is 35.6 Å². The number of ether oxygens (including phenoxy) is 1. The quantitative estimate of drug-likeness (QED) is 0.538. The molecule has 2 aliphatic carbocycles. The fourth-order valence-corrected chi connectivity index (χ4v) is 5.30. The van der Waals surface area contributed by atoms with Crippen molar-refractivity contribution in [2.24, 2.45) is 10.8 Å². The Morgan fingerprint density at radius 2 is 1.40 bits per heavy atom. The Morgan fingerprint density at radius 3 is 2.00 bits per heavy atom. The van der Waals surface area contributed by atoms with E-state index in [-0.39, 0.29) is 17.6 Å². The maximum absolute atomic E-state index is 13.8. The molecule has 0 N–H and O–H groups in total. The molecule has 1 aromatic carbocycles. The predicted molar refractivity (Wildman–Crippen MR) is 91.3 cm³/mol. The monoisotopic (exact) mass is 344 g/mol. The number of carbonyl (C=O) groups excluding carboxylic acids is 2. The van der Waals surface area contributed by atoms with Crippen LogP contribution in [0.2, 0.25) is 0 Å². The summed E-state index contributed by atoms with van der Waals surface area (Å²) in [6.07, 6.45) is 8.21. The van der Waals surface area contributed by atoms with Crippen molar-refractivity contribution < 1.29 is 18.7 Å². The molecule has 25 heavy (non-hydrogen) atoms. The first-order valence-electron chi connectivity index (χ1n) is 9.60. The fraction of sp³-hybridized carbons (Fsp3) is 0.619. The molecule has 0 bridgehead atoms. The van der Waals surface area contributed by atoms with Gasteiger partial charge in [-0.25, -0.2) is 4.39 Å². The number of rotatable bonds is 1. The van der Waals surface area contributed by atoms with Crippen LogP contribution in [0, 0.1) is 16.6 Å². The summed E-state index contributed by atoms with van der Waals surface area (Å²) in [7, 11) is 0. The van der Waals surface area contributed by atoms with Crippen molar-refractivity contribution in [2.45, 2.75) is 70.3 Å². The molecule has 0 radical (unpaired) electrons. The molecule has 0 amide bonds. The topological polar surface area (TPSA) is 43.4 Å². The van der Waals surface area contributed by atoms with Crippen LogP contribution in [0.1, 0.15) is 75.9 Å². The van der Waals surface area contributed by atoms with Gasteiger partial charge in [0, 0.05) is 0 Å². The Bertz CT molecular complexity index is 667. The molecule has 4 heteroatoms. The molecular weight excluding hydrogens is 319 g/mol. The van der Waals surface area contributed by atoms with Crippen LogP contribution in [0.5, 0.6) is 0 Å². The molecule has 3 fully saturated rings. The molecule has 1 heterocycles. The van der Waals surface area contributed by atoms with Gasteiger partial charge in [0.15, 0.2) is 5.78 Å². The lowest BCUT2D eigenvalue weighted by Crippen LogP contribution is -2.58. The number of halogens is 1. The van der Waals surface area contributed by atoms with Gasteiger partial charge in [0.25, 0.3) is 0 Å². The zero-order valence-electron chi connectivity index (χ0n) is 14.6. The molecule has 3 aliphatic rings. The van der Waals surface area contributed by atoms with Gasteiger partial charge in [-0.1, -0.05) is 50.7 Å². The van der Waals surface area contributed by atoms with E-state index >= 15 is 0 Å². The normalized spacial score (nSPS) is 28.1. The van der Waals surface area contributed by atoms with Crippen molar-refractivity contribution in [2.75, 3.05) is 0 Å². The van der Waals surface area contributed by atoms with Gasteiger partial charge in [0.2, 0.25) is 0 Å². The Balaban J connectivity index is 1.78. The van der Waals surface area contributed by atoms with Crippen LogP contribution in [0.4, 0.5) is 4.39 Å². The second-order valence-corrected chi connectivity index (χ2v) is 8.03. The number of hydrogen-bond donors (Lipinski definition) is 0. The minimum atomic E-state index is -0.924. The maximum Gasteiger partial charge on any atom is 0.320 e. The third-order valence-electron chi connectivity index (χ3n) is 6.63. The van der Waals surface area contributed by atoms with Crippen LogP contribution in [0.15, 0.2) is 24.3 Å². The largest absolute Gasteiger partial charge is 0.456 e. The summed E-state index contributed by atoms with van der Waals surface area (Å²) in [6, 6.07) is 6.09. The Kier molecular flexibility index (Phi) is 4.17. The van der Waals surface area contributed by atoms with E-state index in [0.717, 1.165) is 56.9 Å². The SMILES string of the molecule is O=C1OC(c2ccc(F)cc2)C2(CCCCC2)C(=O)C12CCCCC2. The van der Waals surface area contributed by atoms with E-state index in [1.165, 1.54) is 12.1 Å². The smallest absolute Gasteiger partial charge is 0.320 e. The van der Waals surface area contributed by atoms with E-state index in [1.807, 2.05) is 0 Å². The van der Waals surface area contributed by atoms with Crippen molar-refractivity contribution >= 4 is 11.8 Å². The van der Waals surface area contributed by atoms with Crippen LogP contribution < -0.4 is 0 Å². The number of cyclic esters (lactones) is 1. The lowest BCUT2D eigenvalue weighted by molar-refractivity contribution is -0.198. The molecule has 1 atom stereocenters. The van der Waals surface area contributed by atoms with Gasteiger partial charge in [-0.15, -0.1) is 0 Å². The van der Waals surface area contributed by atoms with E-state index < -0.39 is 16.9 Å². The summed E-state index contributed by atoms with van der Waals surface area (Å²) < 4.78 is 19.3. The van der Waals surface area contributed by atoms with Crippen LogP contribution in [0.25, 0.3) is 0 Å². The molecule has 1 aromatic rings. The summed E-state index contributed by atoms with van der Waals surface area (Å²) >= 11 is 0. The molecule has 3 nitrogen and oxygen atoms in total. The summed E-state index contributed by atoms with van der Waals surface area (Å²) in [6.45, 7) is 0. The van der Waals surface area contributed by atoms with Gasteiger partial charge in [-0.3, -0.25) is 9.59 Å². The molecule has 1 aliphatic heterocycles. The Labute approximate surface area is 147 Å². The van der Waals surface area contributed by atoms with Crippen molar-refractivity contribution in [3.63, 3.8) is 0 Å². The lowest BCUT2D eigenvalue weighted by Gasteiger charge is -2.52. The summed E-state index contributed by atoms with van der Waals surface area (Å²) in [5.41, 5.74) is -0.802. The van der Waals surface area contributed by atoms with Gasteiger partial charge < -0.3 is 4.74 Å². The van der Waals surface area contributed by atoms with Gasteiger partial charge in [-0.05, 0) is 43.4 Å². The van der Waals surface area contributed by atoms with Crippen molar-refractivity contribution in [1.29, 1.82) is 0 Å². The molecule has 0 aromatic heterocycles. The Hall–Kier alpha value is -1.71. The highest BCUT2D eigenvalue weighted by molar-refractivity contribution is 6.09. The first-order valence-corrected chi connectivity index (χ1v) is 9.60. The minimum absolute atomic E-state index is 0.116. The molecule has 1 saturated heterocycles. The average molecular weight is 344 g/mol. The number of carbonyl (C=O) groups is 2. The van der Waals surface area contributed by atoms with Gasteiger partial charge in [-0.2, -0.15) is 0 Å². The van der Waals surface area contributed by atoms with Gasteiger partial charge in [0.05, 0.1) is 5.41 Å². The van der Waals surface area contributed by atoms with E-state index in [2.05, 4.69) is 0 Å². The van der Waals surface area contributed by atoms with Crippen LogP contribution >= 0.6 is 0 Å². The highest BCUT2D eigenvalue weighted by Crippen LogP contribution is 2.58. The minimum Gasteiger partial charge on any atom is -0.456 e. The third kappa shape index (κ3) is 2.52. The van der Waals surface area contributed by atoms with Gasteiger partial charge >= 0.3 is 5.97 Å². The van der Waals surface area contributed by atoms with Gasteiger partial charge in [0.1, 0.15) is 17.3 Å². The van der Waals surface area contributed by atoms with Crippen LogP contribution in [0.3, 0.4) is 0 Å². The van der Waals surface area contributed by atoms with E-state index in [9.17, 15) is 14.0 Å². The number of benzene rings is 1. The maximum atomic E-state index is 13.8. The molecule has 2 spiro atoms. The number of hydrogen-bond acceptors (Lipinski definition) is 3. The second kappa shape index (κ2) is 6.22. The Morgan fingerprint density at radius 1 is 0.840 bits per heavy atom. The first kappa shape index (κ1) is 16.7. The van der Waals surface area contributed by atoms with E-state index in [4.69, 9.17) is 4.74 Å². The zero-order valence-corrected chi connectivity index (χ0v) is 14.6. The fourth-order valence-electron chi connectivity index (χ4n) is 5.30. The van der Waals surface area contributed by atoms with Crippen molar-refractivity contribution in [3.8, 4) is 0 Å². The second-order valence-electron chi connectivity index (χ2n) is 8.03. The van der Waals surface area contributed by atoms with Crippen molar-refractivity contribution in [1.82, 2.24) is 0 Å². The molecule has 4 rings (SSSR count). The standard InChI is InChI=1S/C21H25FO3/c22-16-9-7-15(8-10-16)17-20(11-3-1-4-12-20)18(23)21(19(24)25-17)13-5-2-6-14-21/h7-10,17H,1-6,11-14H2.